The molecule has 6 heteroatoms. The van der Waals surface area contributed by atoms with Crippen LogP contribution in [0.2, 0.25) is 0 Å². The van der Waals surface area contributed by atoms with Crippen molar-refractivity contribution in [3.05, 3.63) is 51.5 Å². The van der Waals surface area contributed by atoms with Crippen molar-refractivity contribution in [3.8, 4) is 11.4 Å². The van der Waals surface area contributed by atoms with Crippen LogP contribution in [0.4, 0.5) is 0 Å². The van der Waals surface area contributed by atoms with Gasteiger partial charge in [-0.1, -0.05) is 42.5 Å². The molecule has 0 fully saturated rings. The first kappa shape index (κ1) is 10.8. The van der Waals surface area contributed by atoms with Gasteiger partial charge in [0, 0.05) is 5.56 Å². The van der Waals surface area contributed by atoms with Crippen molar-refractivity contribution >= 4 is 23.4 Å². The van der Waals surface area contributed by atoms with E-state index in [2.05, 4.69) is 19.9 Å². The van der Waals surface area contributed by atoms with E-state index in [-0.39, 0.29) is 5.56 Å². The second-order valence-corrected chi connectivity index (χ2v) is 4.11. The Bertz CT molecular complexity index is 823. The van der Waals surface area contributed by atoms with Gasteiger partial charge >= 0.3 is 0 Å². The van der Waals surface area contributed by atoms with Crippen LogP contribution in [-0.4, -0.2) is 19.9 Å². The maximum absolute atomic E-state index is 11.3. The van der Waals surface area contributed by atoms with E-state index in [1.165, 1.54) is 6.20 Å². The van der Waals surface area contributed by atoms with Crippen LogP contribution in [0.5, 0.6) is 0 Å². The quantitative estimate of drug-likeness (QED) is 0.653. The van der Waals surface area contributed by atoms with Gasteiger partial charge in [-0.2, -0.15) is 0 Å². The summed E-state index contributed by atoms with van der Waals surface area (Å²) in [6.45, 7) is 0. The normalized spacial score (nSPS) is 10.7. The summed E-state index contributed by atoms with van der Waals surface area (Å²) < 4.78 is 0.360. The Morgan fingerprint density at radius 1 is 1.11 bits per heavy atom. The van der Waals surface area contributed by atoms with Crippen molar-refractivity contribution in [1.82, 2.24) is 19.9 Å². The summed E-state index contributed by atoms with van der Waals surface area (Å²) in [6, 6.07) is 9.55. The fourth-order valence-corrected chi connectivity index (χ4v) is 1.93. The van der Waals surface area contributed by atoms with E-state index in [9.17, 15) is 4.79 Å². The Morgan fingerprint density at radius 3 is 2.67 bits per heavy atom. The highest BCUT2D eigenvalue weighted by molar-refractivity contribution is 7.71. The molecule has 18 heavy (non-hydrogen) atoms. The summed E-state index contributed by atoms with van der Waals surface area (Å²) in [6.07, 6.45) is 1.19. The number of aromatic amines is 2. The summed E-state index contributed by atoms with van der Waals surface area (Å²) in [7, 11) is 0. The molecule has 0 spiro atoms. The number of nitrogens with zero attached hydrogens (tertiary/aromatic N) is 2. The van der Waals surface area contributed by atoms with Crippen LogP contribution >= 0.6 is 12.2 Å². The number of H-pyrrole nitrogens is 2. The minimum atomic E-state index is -0.279. The number of nitrogens with one attached hydrogen (secondary N) is 2. The topological polar surface area (TPSA) is 74.4 Å². The Morgan fingerprint density at radius 2 is 1.89 bits per heavy atom. The molecule has 2 aromatic heterocycles. The van der Waals surface area contributed by atoms with E-state index in [0.717, 1.165) is 5.56 Å². The molecule has 0 radical (unpaired) electrons. The van der Waals surface area contributed by atoms with Gasteiger partial charge in [0.25, 0.3) is 5.56 Å². The highest BCUT2D eigenvalue weighted by atomic mass is 32.1. The van der Waals surface area contributed by atoms with Gasteiger partial charge in [-0.05, 0) is 0 Å². The summed E-state index contributed by atoms with van der Waals surface area (Å²) in [5.41, 5.74) is 1.60. The molecular formula is C12H8N4OS. The highest BCUT2D eigenvalue weighted by Gasteiger charge is 2.04. The minimum absolute atomic E-state index is 0.279. The van der Waals surface area contributed by atoms with Crippen molar-refractivity contribution in [3.63, 3.8) is 0 Å². The van der Waals surface area contributed by atoms with Crippen LogP contribution < -0.4 is 5.56 Å². The Hall–Kier alpha value is -2.34. The number of hydrogen-bond acceptors (Lipinski definition) is 4. The Labute approximate surface area is 107 Å². The van der Waals surface area contributed by atoms with Crippen LogP contribution in [0.3, 0.4) is 0 Å². The Kier molecular flexibility index (Phi) is 2.49. The molecule has 0 bridgehead atoms. The van der Waals surface area contributed by atoms with E-state index in [0.29, 0.717) is 21.6 Å². The van der Waals surface area contributed by atoms with Crippen LogP contribution in [0.25, 0.3) is 22.6 Å². The standard InChI is InChI=1S/C12H8N4OS/c17-8-6-13-9-11(14-8)15-10(16-12(9)18)7-4-2-1-3-5-7/h1-6H,(H2,14,15,16,17,18). The summed E-state index contributed by atoms with van der Waals surface area (Å²) in [5, 5.41) is 0. The molecule has 2 N–H and O–H groups in total. The summed E-state index contributed by atoms with van der Waals surface area (Å²) in [4.78, 5) is 25.2. The maximum atomic E-state index is 11.3. The van der Waals surface area contributed by atoms with Gasteiger partial charge in [0.2, 0.25) is 0 Å². The van der Waals surface area contributed by atoms with Gasteiger partial charge in [-0.25, -0.2) is 9.97 Å². The highest BCUT2D eigenvalue weighted by Crippen LogP contribution is 2.16. The van der Waals surface area contributed by atoms with Crippen LogP contribution in [0.15, 0.2) is 41.3 Å². The molecule has 5 nitrogen and oxygen atoms in total. The number of rotatable bonds is 1. The molecule has 3 rings (SSSR count). The lowest BCUT2D eigenvalue weighted by Crippen LogP contribution is -2.07. The van der Waals surface area contributed by atoms with Gasteiger partial charge in [0.05, 0.1) is 6.20 Å². The van der Waals surface area contributed by atoms with Gasteiger partial charge < -0.3 is 9.97 Å². The SMILES string of the molecule is O=c1cnc2c(=S)nc(-c3ccccc3)[nH]c2[nH]1. The molecule has 88 valence electrons. The van der Waals surface area contributed by atoms with Crippen LogP contribution in [0.1, 0.15) is 0 Å². The predicted octanol–water partition coefficient (Wildman–Crippen LogP) is 2.04. The van der Waals surface area contributed by atoms with Crippen molar-refractivity contribution < 1.29 is 0 Å². The summed E-state index contributed by atoms with van der Waals surface area (Å²) >= 11 is 5.17. The van der Waals surface area contributed by atoms with Crippen LogP contribution in [0, 0.1) is 4.64 Å². The zero-order valence-electron chi connectivity index (χ0n) is 9.18. The van der Waals surface area contributed by atoms with E-state index in [1.54, 1.807) is 0 Å². The van der Waals surface area contributed by atoms with Crippen molar-refractivity contribution in [2.24, 2.45) is 0 Å². The summed E-state index contributed by atoms with van der Waals surface area (Å²) in [5.74, 6) is 0.608. The van der Waals surface area contributed by atoms with Gasteiger partial charge in [0.1, 0.15) is 17.0 Å². The van der Waals surface area contributed by atoms with Crippen LogP contribution in [-0.2, 0) is 0 Å². The first-order valence-electron chi connectivity index (χ1n) is 5.29. The molecule has 2 heterocycles. The number of aromatic nitrogens is 4. The molecule has 0 saturated heterocycles. The molecule has 0 aliphatic heterocycles. The molecule has 0 amide bonds. The number of hydrogen-bond donors (Lipinski definition) is 2. The third kappa shape index (κ3) is 1.82. The van der Waals surface area contributed by atoms with Crippen molar-refractivity contribution in [2.45, 2.75) is 0 Å². The average molecular weight is 256 g/mol. The van der Waals surface area contributed by atoms with Gasteiger partial charge in [0.15, 0.2) is 4.64 Å². The van der Waals surface area contributed by atoms with E-state index < -0.39 is 0 Å². The molecule has 0 atom stereocenters. The predicted molar refractivity (Wildman–Crippen MR) is 70.8 cm³/mol. The lowest BCUT2D eigenvalue weighted by molar-refractivity contribution is 1.11. The van der Waals surface area contributed by atoms with E-state index >= 15 is 0 Å². The number of fused-ring (bicyclic) bond motifs is 1. The third-order valence-corrected chi connectivity index (χ3v) is 2.79. The maximum Gasteiger partial charge on any atom is 0.267 e. The Balaban J connectivity index is 2.34. The molecule has 0 saturated carbocycles. The molecule has 3 aromatic rings. The lowest BCUT2D eigenvalue weighted by Gasteiger charge is -2.03. The molecular weight excluding hydrogens is 248 g/mol. The average Bonchev–Trinajstić information content (AvgIpc) is 2.39. The lowest BCUT2D eigenvalue weighted by atomic mass is 10.2. The first-order chi connectivity index (χ1) is 8.74. The second-order valence-electron chi connectivity index (χ2n) is 3.73. The first-order valence-corrected chi connectivity index (χ1v) is 5.69. The van der Waals surface area contributed by atoms with E-state index in [4.69, 9.17) is 12.2 Å². The van der Waals surface area contributed by atoms with Gasteiger partial charge in [-0.3, -0.25) is 4.79 Å². The minimum Gasteiger partial charge on any atom is -0.324 e. The number of benzene rings is 1. The zero-order chi connectivity index (χ0) is 12.5. The molecule has 0 unspecified atom stereocenters. The zero-order valence-corrected chi connectivity index (χ0v) is 9.99. The fourth-order valence-electron chi connectivity index (χ4n) is 1.69. The molecule has 0 aliphatic rings. The second kappa shape index (κ2) is 4.15. The molecule has 1 aromatic carbocycles. The third-order valence-electron chi connectivity index (χ3n) is 2.50. The van der Waals surface area contributed by atoms with Crippen molar-refractivity contribution in [2.75, 3.05) is 0 Å². The van der Waals surface area contributed by atoms with Gasteiger partial charge in [-0.15, -0.1) is 0 Å². The largest absolute Gasteiger partial charge is 0.324 e. The molecule has 0 aliphatic carbocycles. The fraction of sp³-hybridized carbons (Fsp3) is 0. The monoisotopic (exact) mass is 256 g/mol. The van der Waals surface area contributed by atoms with E-state index in [1.807, 2.05) is 30.3 Å². The van der Waals surface area contributed by atoms with Crippen molar-refractivity contribution in [1.29, 1.82) is 0 Å². The smallest absolute Gasteiger partial charge is 0.267 e.